The van der Waals surface area contributed by atoms with Gasteiger partial charge in [0.2, 0.25) is 0 Å². The molecule has 0 unspecified atom stereocenters. The fraction of sp³-hybridized carbons (Fsp3) is 1.00. The van der Waals surface area contributed by atoms with Crippen molar-refractivity contribution in [1.82, 2.24) is 0 Å². The molecule has 2 aliphatic carbocycles. The van der Waals surface area contributed by atoms with Gasteiger partial charge >= 0.3 is 0 Å². The molecule has 0 spiro atoms. The molecule has 2 nitrogen and oxygen atoms in total. The summed E-state index contributed by atoms with van der Waals surface area (Å²) >= 11 is 0. The van der Waals surface area contributed by atoms with Crippen molar-refractivity contribution >= 4 is 0 Å². The van der Waals surface area contributed by atoms with Crippen LogP contribution in [0.15, 0.2) is 0 Å². The van der Waals surface area contributed by atoms with Crippen LogP contribution in [0.25, 0.3) is 0 Å². The summed E-state index contributed by atoms with van der Waals surface area (Å²) in [5.74, 6) is 2.38. The second kappa shape index (κ2) is 3.99. The van der Waals surface area contributed by atoms with Crippen LogP contribution in [0.4, 0.5) is 0 Å². The van der Waals surface area contributed by atoms with E-state index < -0.39 is 0 Å². The molecule has 0 radical (unpaired) electrons. The minimum Gasteiger partial charge on any atom is -0.392 e. The van der Waals surface area contributed by atoms with Crippen molar-refractivity contribution in [2.75, 3.05) is 0 Å². The van der Waals surface area contributed by atoms with E-state index in [1.807, 2.05) is 0 Å². The van der Waals surface area contributed by atoms with E-state index in [-0.39, 0.29) is 12.2 Å². The third kappa shape index (κ3) is 1.53. The average Bonchev–Trinajstić information content (AvgIpc) is 2.55. The number of fused-ring (bicyclic) bond motifs is 2. The smallest absolute Gasteiger partial charge is 0.0627 e. The van der Waals surface area contributed by atoms with Crippen LogP contribution >= 0.6 is 0 Å². The van der Waals surface area contributed by atoms with Crippen LogP contribution in [-0.2, 0) is 4.74 Å². The van der Waals surface area contributed by atoms with Gasteiger partial charge in [0.1, 0.15) is 0 Å². The molecule has 3 rings (SSSR count). The van der Waals surface area contributed by atoms with Gasteiger partial charge in [-0.15, -0.1) is 0 Å². The lowest BCUT2D eigenvalue weighted by atomic mass is 9.60. The van der Waals surface area contributed by atoms with Crippen molar-refractivity contribution in [2.45, 2.75) is 64.3 Å². The fourth-order valence-corrected chi connectivity index (χ4v) is 4.68. The summed E-state index contributed by atoms with van der Waals surface area (Å²) in [6, 6.07) is 0. The maximum absolute atomic E-state index is 10.6. The molecule has 2 heteroatoms. The fourth-order valence-electron chi connectivity index (χ4n) is 4.68. The van der Waals surface area contributed by atoms with Gasteiger partial charge in [0, 0.05) is 5.92 Å². The molecule has 1 aliphatic heterocycles. The van der Waals surface area contributed by atoms with Crippen LogP contribution in [0.3, 0.4) is 0 Å². The van der Waals surface area contributed by atoms with Crippen LogP contribution in [0, 0.1) is 23.7 Å². The van der Waals surface area contributed by atoms with Gasteiger partial charge in [-0.3, -0.25) is 0 Å². The lowest BCUT2D eigenvalue weighted by Gasteiger charge is -2.45. The van der Waals surface area contributed by atoms with E-state index in [2.05, 4.69) is 13.8 Å². The van der Waals surface area contributed by atoms with Crippen LogP contribution in [0.2, 0.25) is 0 Å². The Morgan fingerprint density at radius 2 is 1.75 bits per heavy atom. The summed E-state index contributed by atoms with van der Waals surface area (Å²) in [5.41, 5.74) is 0. The number of rotatable bonds is 0. The number of aliphatic hydroxyl groups excluding tert-OH is 1. The lowest BCUT2D eigenvalue weighted by Crippen LogP contribution is -2.47. The van der Waals surface area contributed by atoms with Gasteiger partial charge in [-0.25, -0.2) is 0 Å². The lowest BCUT2D eigenvalue weighted by molar-refractivity contribution is -0.0597. The molecule has 1 N–H and O–H groups in total. The molecule has 0 aromatic rings. The molecule has 1 saturated heterocycles. The number of ether oxygens (including phenoxy) is 1. The van der Waals surface area contributed by atoms with Gasteiger partial charge in [-0.1, -0.05) is 19.3 Å². The first-order chi connectivity index (χ1) is 7.68. The Balaban J connectivity index is 1.83. The second-order valence-corrected chi connectivity index (χ2v) is 6.22. The van der Waals surface area contributed by atoms with E-state index in [0.717, 1.165) is 5.92 Å². The average molecular weight is 224 g/mol. The molecule has 1 heterocycles. The zero-order chi connectivity index (χ0) is 11.3. The highest BCUT2D eigenvalue weighted by atomic mass is 16.5. The van der Waals surface area contributed by atoms with Gasteiger partial charge in [-0.2, -0.15) is 0 Å². The Hall–Kier alpha value is -0.0800. The molecule has 92 valence electrons. The van der Waals surface area contributed by atoms with E-state index in [1.54, 1.807) is 0 Å². The van der Waals surface area contributed by atoms with Gasteiger partial charge in [0.25, 0.3) is 0 Å². The molecule has 0 amide bonds. The van der Waals surface area contributed by atoms with Crippen molar-refractivity contribution in [3.8, 4) is 0 Å². The van der Waals surface area contributed by atoms with Crippen molar-refractivity contribution in [3.63, 3.8) is 0 Å². The van der Waals surface area contributed by atoms with E-state index in [4.69, 9.17) is 4.74 Å². The van der Waals surface area contributed by atoms with E-state index in [0.29, 0.717) is 23.9 Å². The summed E-state index contributed by atoms with van der Waals surface area (Å²) in [7, 11) is 0. The highest BCUT2D eigenvalue weighted by molar-refractivity contribution is 5.00. The summed E-state index contributed by atoms with van der Waals surface area (Å²) in [4.78, 5) is 0. The first-order valence-electron chi connectivity index (χ1n) is 7.02. The molecule has 0 aromatic heterocycles. The van der Waals surface area contributed by atoms with Crippen LogP contribution in [-0.4, -0.2) is 23.4 Å². The van der Waals surface area contributed by atoms with Crippen molar-refractivity contribution in [1.29, 1.82) is 0 Å². The van der Waals surface area contributed by atoms with Gasteiger partial charge < -0.3 is 9.84 Å². The largest absolute Gasteiger partial charge is 0.392 e. The third-order valence-electron chi connectivity index (χ3n) is 5.44. The summed E-state index contributed by atoms with van der Waals surface area (Å²) in [6.45, 7) is 4.34. The van der Waals surface area contributed by atoms with E-state index in [1.165, 1.54) is 32.1 Å². The first-order valence-corrected chi connectivity index (χ1v) is 7.02. The van der Waals surface area contributed by atoms with Crippen LogP contribution in [0.1, 0.15) is 46.0 Å². The molecule has 7 atom stereocenters. The molecular weight excluding hydrogens is 200 g/mol. The molecule has 0 aromatic carbocycles. The first kappa shape index (κ1) is 11.0. The monoisotopic (exact) mass is 224 g/mol. The summed E-state index contributed by atoms with van der Waals surface area (Å²) < 4.78 is 5.92. The van der Waals surface area contributed by atoms with Crippen molar-refractivity contribution in [3.05, 3.63) is 0 Å². The van der Waals surface area contributed by atoms with Crippen LogP contribution < -0.4 is 0 Å². The molecule has 16 heavy (non-hydrogen) atoms. The normalized spacial score (nSPS) is 56.8. The zero-order valence-corrected chi connectivity index (χ0v) is 10.4. The molecule has 2 saturated carbocycles. The predicted molar refractivity (Wildman–Crippen MR) is 63.1 cm³/mol. The molecular formula is C14H24O2. The topological polar surface area (TPSA) is 29.5 Å². The quantitative estimate of drug-likeness (QED) is 0.685. The Labute approximate surface area is 98.4 Å². The molecule has 0 bridgehead atoms. The predicted octanol–water partition coefficient (Wildman–Crippen LogP) is 2.60. The van der Waals surface area contributed by atoms with E-state index in [9.17, 15) is 5.11 Å². The second-order valence-electron chi connectivity index (χ2n) is 6.22. The third-order valence-corrected chi connectivity index (χ3v) is 5.44. The maximum Gasteiger partial charge on any atom is 0.0627 e. The maximum atomic E-state index is 10.6. The SMILES string of the molecule is C[C@@H]1O[C@H](C)[C@H]2[C@@H](O)[C@@H]3CCCC[C@H]3C[C@H]21. The molecule has 3 fully saturated rings. The van der Waals surface area contributed by atoms with Crippen LogP contribution in [0.5, 0.6) is 0 Å². The highest BCUT2D eigenvalue weighted by Gasteiger charge is 2.52. The summed E-state index contributed by atoms with van der Waals surface area (Å²) in [5, 5.41) is 10.6. The Kier molecular flexibility index (Phi) is 2.75. The number of aliphatic hydroxyl groups is 1. The van der Waals surface area contributed by atoms with Gasteiger partial charge in [-0.05, 0) is 44.4 Å². The number of hydrogen-bond acceptors (Lipinski definition) is 2. The Morgan fingerprint density at radius 1 is 1.00 bits per heavy atom. The Morgan fingerprint density at radius 3 is 2.56 bits per heavy atom. The summed E-state index contributed by atoms with van der Waals surface area (Å²) in [6.07, 6.45) is 7.11. The van der Waals surface area contributed by atoms with Gasteiger partial charge in [0.15, 0.2) is 0 Å². The molecule has 3 aliphatic rings. The van der Waals surface area contributed by atoms with Gasteiger partial charge in [0.05, 0.1) is 18.3 Å². The number of hydrogen-bond donors (Lipinski definition) is 1. The van der Waals surface area contributed by atoms with Crippen molar-refractivity contribution in [2.24, 2.45) is 23.7 Å². The van der Waals surface area contributed by atoms with E-state index >= 15 is 0 Å². The highest BCUT2D eigenvalue weighted by Crippen LogP contribution is 2.51. The standard InChI is InChI=1S/C14H24O2/c1-8-12-7-10-5-3-4-6-11(10)14(15)13(12)9(2)16-8/h8-15H,3-7H2,1-2H3/t8-,9+,10-,11+,12-,13+,14-/m0/s1. The minimum atomic E-state index is -0.0935. The van der Waals surface area contributed by atoms with Crippen molar-refractivity contribution < 1.29 is 9.84 Å². The Bertz CT molecular complexity index is 265. The zero-order valence-electron chi connectivity index (χ0n) is 10.4. The minimum absolute atomic E-state index is 0.0935.